The Labute approximate surface area is 215 Å². The number of fused-ring (bicyclic) bond motifs is 1. The third-order valence-electron chi connectivity index (χ3n) is 5.08. The van der Waals surface area contributed by atoms with Gasteiger partial charge < -0.3 is 10.1 Å². The molecule has 0 saturated heterocycles. The van der Waals surface area contributed by atoms with Gasteiger partial charge in [-0.2, -0.15) is 5.26 Å². The van der Waals surface area contributed by atoms with Crippen molar-refractivity contribution in [2.45, 2.75) is 6.61 Å². The minimum Gasteiger partial charge on any atom is -0.488 e. The summed E-state index contributed by atoms with van der Waals surface area (Å²) < 4.78 is 6.91. The van der Waals surface area contributed by atoms with E-state index in [-0.39, 0.29) is 5.57 Å². The molecule has 4 aromatic rings. The molecule has 1 amide bonds. The summed E-state index contributed by atoms with van der Waals surface area (Å²) >= 11 is 15.4. The highest BCUT2D eigenvalue weighted by molar-refractivity contribution is 9.10. The van der Waals surface area contributed by atoms with Crippen molar-refractivity contribution >= 4 is 67.6 Å². The van der Waals surface area contributed by atoms with E-state index in [9.17, 15) is 10.1 Å². The van der Waals surface area contributed by atoms with Crippen molar-refractivity contribution in [2.24, 2.45) is 0 Å². The van der Waals surface area contributed by atoms with Crippen LogP contribution in [-0.2, 0) is 11.4 Å². The zero-order chi connectivity index (χ0) is 24.1. The highest BCUT2D eigenvalue weighted by atomic mass is 79.9. The number of nitriles is 1. The van der Waals surface area contributed by atoms with Crippen LogP contribution in [0.1, 0.15) is 11.1 Å². The lowest BCUT2D eigenvalue weighted by atomic mass is 10.1. The van der Waals surface area contributed by atoms with E-state index in [1.807, 2.05) is 36.4 Å². The summed E-state index contributed by atoms with van der Waals surface area (Å²) in [6.07, 6.45) is 1.50. The Morgan fingerprint density at radius 1 is 1.00 bits per heavy atom. The van der Waals surface area contributed by atoms with Crippen molar-refractivity contribution in [2.75, 3.05) is 5.32 Å². The third kappa shape index (κ3) is 5.60. The molecule has 0 aliphatic carbocycles. The number of hydrogen-bond acceptors (Lipinski definition) is 3. The molecule has 0 bridgehead atoms. The lowest BCUT2D eigenvalue weighted by Gasteiger charge is -2.12. The maximum Gasteiger partial charge on any atom is 0.266 e. The Balaban J connectivity index is 1.59. The minimum absolute atomic E-state index is 0.0841. The molecular weight excluding hydrogens is 535 g/mol. The summed E-state index contributed by atoms with van der Waals surface area (Å²) in [5, 5.41) is 15.2. The van der Waals surface area contributed by atoms with Crippen LogP contribution in [0.2, 0.25) is 10.0 Å². The van der Waals surface area contributed by atoms with Crippen LogP contribution in [0.25, 0.3) is 16.8 Å². The van der Waals surface area contributed by atoms with Gasteiger partial charge in [0.15, 0.2) is 0 Å². The molecule has 168 valence electrons. The topological polar surface area (TPSA) is 62.1 Å². The Kier molecular flexibility index (Phi) is 7.54. The summed E-state index contributed by atoms with van der Waals surface area (Å²) in [6.45, 7) is 0.335. The number of ether oxygens (including phenoxy) is 1. The Morgan fingerprint density at radius 2 is 1.79 bits per heavy atom. The monoisotopic (exact) mass is 550 g/mol. The van der Waals surface area contributed by atoms with Crippen LogP contribution >= 0.6 is 39.1 Å². The smallest absolute Gasteiger partial charge is 0.266 e. The van der Waals surface area contributed by atoms with Gasteiger partial charge in [-0.15, -0.1) is 0 Å². The Morgan fingerprint density at radius 3 is 2.59 bits per heavy atom. The first-order chi connectivity index (χ1) is 16.4. The Bertz CT molecular complexity index is 1460. The lowest BCUT2D eigenvalue weighted by molar-refractivity contribution is -0.112. The molecule has 0 spiro atoms. The fourth-order valence-electron chi connectivity index (χ4n) is 3.41. The molecule has 1 N–H and O–H groups in total. The van der Waals surface area contributed by atoms with E-state index >= 15 is 0 Å². The van der Waals surface area contributed by atoms with Crippen LogP contribution in [-0.4, -0.2) is 5.91 Å². The van der Waals surface area contributed by atoms with Crippen molar-refractivity contribution in [3.8, 4) is 11.8 Å². The molecule has 4 aromatic carbocycles. The molecule has 34 heavy (non-hydrogen) atoms. The van der Waals surface area contributed by atoms with Crippen molar-refractivity contribution in [1.82, 2.24) is 0 Å². The van der Waals surface area contributed by atoms with Gasteiger partial charge in [0, 0.05) is 15.7 Å². The number of carbonyl (C=O) groups is 1. The standard InChI is InChI=1S/C27H17BrCl2N2O2/c28-21-8-11-26(34-16-18-6-3-5-17-4-1-2-7-23(17)18)19(13-21)12-20(15-31)27(33)32-22-9-10-24(29)25(30)14-22/h1-14H,16H2,(H,32,33)/b20-12-. The van der Waals surface area contributed by atoms with E-state index in [1.165, 1.54) is 12.1 Å². The number of rotatable bonds is 6. The average molecular weight is 552 g/mol. The van der Waals surface area contributed by atoms with Crippen LogP contribution in [0.3, 0.4) is 0 Å². The van der Waals surface area contributed by atoms with Gasteiger partial charge >= 0.3 is 0 Å². The van der Waals surface area contributed by atoms with Gasteiger partial charge in [0.2, 0.25) is 0 Å². The summed E-state index contributed by atoms with van der Waals surface area (Å²) in [5.41, 5.74) is 1.98. The van der Waals surface area contributed by atoms with E-state index in [0.717, 1.165) is 20.8 Å². The molecule has 0 heterocycles. The largest absolute Gasteiger partial charge is 0.488 e. The summed E-state index contributed by atoms with van der Waals surface area (Å²) in [6, 6.07) is 26.3. The van der Waals surface area contributed by atoms with Crippen molar-refractivity contribution in [3.63, 3.8) is 0 Å². The molecular formula is C27H17BrCl2N2O2. The second-order valence-corrected chi connectivity index (χ2v) is 9.09. The highest BCUT2D eigenvalue weighted by Crippen LogP contribution is 2.29. The van der Waals surface area contributed by atoms with Gasteiger partial charge in [0.25, 0.3) is 5.91 Å². The van der Waals surface area contributed by atoms with Crippen LogP contribution in [0.4, 0.5) is 5.69 Å². The molecule has 0 radical (unpaired) electrons. The van der Waals surface area contributed by atoms with E-state index in [0.29, 0.717) is 33.7 Å². The Hall–Kier alpha value is -3.30. The second kappa shape index (κ2) is 10.8. The van der Waals surface area contributed by atoms with Gasteiger partial charge in [0.05, 0.1) is 10.0 Å². The normalized spacial score (nSPS) is 11.2. The van der Waals surface area contributed by atoms with E-state index in [1.54, 1.807) is 24.3 Å². The molecule has 0 aromatic heterocycles. The summed E-state index contributed by atoms with van der Waals surface area (Å²) in [4.78, 5) is 12.7. The summed E-state index contributed by atoms with van der Waals surface area (Å²) in [7, 11) is 0. The first kappa shape index (κ1) is 23.8. The molecule has 0 aliphatic rings. The quantitative estimate of drug-likeness (QED) is 0.195. The lowest BCUT2D eigenvalue weighted by Crippen LogP contribution is -2.13. The first-order valence-electron chi connectivity index (χ1n) is 10.2. The molecule has 0 fully saturated rings. The van der Waals surface area contributed by atoms with Crippen LogP contribution < -0.4 is 10.1 Å². The van der Waals surface area contributed by atoms with Gasteiger partial charge in [-0.3, -0.25) is 4.79 Å². The number of anilines is 1. The van der Waals surface area contributed by atoms with Crippen LogP contribution in [0, 0.1) is 11.3 Å². The van der Waals surface area contributed by atoms with Crippen LogP contribution in [0.15, 0.2) is 88.9 Å². The number of carbonyl (C=O) groups excluding carboxylic acids is 1. The highest BCUT2D eigenvalue weighted by Gasteiger charge is 2.13. The number of nitrogens with one attached hydrogen (secondary N) is 1. The number of benzene rings is 4. The van der Waals surface area contributed by atoms with Crippen molar-refractivity contribution in [1.29, 1.82) is 5.26 Å². The van der Waals surface area contributed by atoms with E-state index in [2.05, 4.69) is 39.4 Å². The van der Waals surface area contributed by atoms with Gasteiger partial charge in [-0.25, -0.2) is 0 Å². The van der Waals surface area contributed by atoms with Gasteiger partial charge in [-0.1, -0.05) is 81.6 Å². The first-order valence-corrected chi connectivity index (χ1v) is 11.8. The number of nitrogens with zero attached hydrogens (tertiary/aromatic N) is 1. The fraction of sp³-hybridized carbons (Fsp3) is 0.0370. The zero-order valence-corrected chi connectivity index (χ0v) is 20.8. The number of amides is 1. The summed E-state index contributed by atoms with van der Waals surface area (Å²) in [5.74, 6) is -0.0212. The second-order valence-electron chi connectivity index (χ2n) is 7.36. The van der Waals surface area contributed by atoms with E-state index < -0.39 is 5.91 Å². The molecule has 0 aliphatic heterocycles. The predicted molar refractivity (Wildman–Crippen MR) is 141 cm³/mol. The molecule has 0 saturated carbocycles. The molecule has 7 heteroatoms. The zero-order valence-electron chi connectivity index (χ0n) is 17.7. The third-order valence-corrected chi connectivity index (χ3v) is 6.31. The van der Waals surface area contributed by atoms with Crippen LogP contribution in [0.5, 0.6) is 5.75 Å². The fourth-order valence-corrected chi connectivity index (χ4v) is 4.09. The average Bonchev–Trinajstić information content (AvgIpc) is 2.84. The predicted octanol–water partition coefficient (Wildman–Crippen LogP) is 8.03. The number of hydrogen-bond donors (Lipinski definition) is 1. The molecule has 4 nitrogen and oxygen atoms in total. The molecule has 0 unspecified atom stereocenters. The van der Waals surface area contributed by atoms with Gasteiger partial charge in [0.1, 0.15) is 24.0 Å². The SMILES string of the molecule is N#C/C(=C/c1cc(Br)ccc1OCc1cccc2ccccc12)C(=O)Nc1ccc(Cl)c(Cl)c1. The van der Waals surface area contributed by atoms with E-state index in [4.69, 9.17) is 27.9 Å². The van der Waals surface area contributed by atoms with Gasteiger partial charge in [-0.05, 0) is 58.8 Å². The molecule has 4 rings (SSSR count). The van der Waals surface area contributed by atoms with Crippen molar-refractivity contribution < 1.29 is 9.53 Å². The minimum atomic E-state index is -0.569. The maximum absolute atomic E-state index is 12.7. The molecule has 0 atom stereocenters. The maximum atomic E-state index is 12.7. The van der Waals surface area contributed by atoms with Crippen molar-refractivity contribution in [3.05, 3.63) is 110 Å². The number of halogens is 3.